The van der Waals surface area contributed by atoms with E-state index in [2.05, 4.69) is 10.5 Å². The third-order valence-corrected chi connectivity index (χ3v) is 6.92. The van der Waals surface area contributed by atoms with Crippen LogP contribution in [0.1, 0.15) is 32.1 Å². The van der Waals surface area contributed by atoms with Gasteiger partial charge in [-0.15, -0.1) is 0 Å². The molecule has 0 aliphatic carbocycles. The number of amides is 1. The van der Waals surface area contributed by atoms with Crippen molar-refractivity contribution < 1.29 is 27.2 Å². The molecule has 2 aliphatic heterocycles. The molecule has 172 valence electrons. The zero-order chi connectivity index (χ0) is 22.8. The van der Waals surface area contributed by atoms with E-state index in [4.69, 9.17) is 10.9 Å². The Morgan fingerprint density at radius 2 is 1.84 bits per heavy atom. The van der Waals surface area contributed by atoms with Crippen molar-refractivity contribution in [3.05, 3.63) is 23.8 Å². The first-order chi connectivity index (χ1) is 14.6. The highest BCUT2D eigenvalue weighted by molar-refractivity contribution is 7.90. The summed E-state index contributed by atoms with van der Waals surface area (Å²) >= 11 is 0. The number of anilines is 1. The van der Waals surface area contributed by atoms with E-state index in [9.17, 15) is 22.0 Å². The van der Waals surface area contributed by atoms with Gasteiger partial charge in [-0.3, -0.25) is 4.79 Å². The molecular weight excluding hydrogens is 432 g/mol. The maximum atomic E-state index is 14.5. The molecule has 0 aromatic heterocycles. The highest BCUT2D eigenvalue weighted by Gasteiger charge is 2.34. The number of likely N-dealkylation sites (tertiary alicyclic amines) is 2. The molecule has 2 aliphatic rings. The van der Waals surface area contributed by atoms with E-state index in [1.165, 1.54) is 0 Å². The number of sulfone groups is 1. The Kier molecular flexibility index (Phi) is 6.87. The fourth-order valence-electron chi connectivity index (χ4n) is 4.14. The number of nitrogens with one attached hydrogen (secondary N) is 1. The van der Waals surface area contributed by atoms with E-state index >= 15 is 0 Å². The second kappa shape index (κ2) is 9.25. The molecule has 9 nitrogen and oxygen atoms in total. The normalized spacial score (nSPS) is 21.8. The molecule has 31 heavy (non-hydrogen) atoms. The quantitative estimate of drug-likeness (QED) is 0.268. The number of hydrogen-bond acceptors (Lipinski definition) is 6. The standard InChI is InChI=1S/C19H27F2N5O4S/c1-31(29,30)17-11-13(20)16(10-14(17)21)23-15-4-2-3-7-26(18(15)27)12-5-8-25(9-6-12)19(22)24-28/h10-12,15,23,28H,2-9H2,1H3,(H2,22,24)/t15-/m0/s1. The lowest BCUT2D eigenvalue weighted by molar-refractivity contribution is -0.134. The van der Waals surface area contributed by atoms with Crippen molar-refractivity contribution in [2.45, 2.75) is 49.1 Å². The van der Waals surface area contributed by atoms with Crippen LogP contribution in [0.4, 0.5) is 14.5 Å². The molecule has 1 aromatic rings. The molecular formula is C19H27F2N5O4S. The number of hydrogen-bond donors (Lipinski definition) is 3. The van der Waals surface area contributed by atoms with Crippen LogP contribution in [0.3, 0.4) is 0 Å². The van der Waals surface area contributed by atoms with Gasteiger partial charge in [0.1, 0.15) is 22.6 Å². The lowest BCUT2D eigenvalue weighted by Crippen LogP contribution is -2.53. The minimum absolute atomic E-state index is 0.0353. The number of carbonyl (C=O) groups excluding carboxylic acids is 1. The molecule has 1 atom stereocenters. The number of carbonyl (C=O) groups is 1. The van der Waals surface area contributed by atoms with E-state index in [0.717, 1.165) is 25.2 Å². The van der Waals surface area contributed by atoms with Gasteiger partial charge >= 0.3 is 0 Å². The van der Waals surface area contributed by atoms with Crippen molar-refractivity contribution in [1.29, 1.82) is 0 Å². The largest absolute Gasteiger partial charge is 0.408 e. The molecule has 0 saturated carbocycles. The topological polar surface area (TPSA) is 128 Å². The second-order valence-corrected chi connectivity index (χ2v) is 9.92. The van der Waals surface area contributed by atoms with E-state index in [1.54, 1.807) is 9.80 Å². The Bertz CT molecular complexity index is 964. The average molecular weight is 460 g/mol. The fourth-order valence-corrected chi connectivity index (χ4v) is 4.87. The minimum atomic E-state index is -3.91. The van der Waals surface area contributed by atoms with Crippen molar-refractivity contribution in [1.82, 2.24) is 9.80 Å². The lowest BCUT2D eigenvalue weighted by Gasteiger charge is -2.39. The molecule has 0 spiro atoms. The summed E-state index contributed by atoms with van der Waals surface area (Å²) in [4.78, 5) is 16.0. The van der Waals surface area contributed by atoms with E-state index in [1.807, 2.05) is 0 Å². The SMILES string of the molecule is CS(=O)(=O)c1cc(F)c(N[C@H]2CCCCN(C3CCN(C(N)=NO)CC3)C2=O)cc1F. The van der Waals surface area contributed by atoms with Gasteiger partial charge in [0.05, 0.1) is 5.69 Å². The lowest BCUT2D eigenvalue weighted by atomic mass is 10.0. The van der Waals surface area contributed by atoms with Crippen LogP contribution < -0.4 is 11.1 Å². The van der Waals surface area contributed by atoms with Crippen LogP contribution in [0.15, 0.2) is 22.2 Å². The van der Waals surface area contributed by atoms with Crippen molar-refractivity contribution in [2.24, 2.45) is 10.9 Å². The van der Waals surface area contributed by atoms with Gasteiger partial charge < -0.3 is 26.1 Å². The first-order valence-corrected chi connectivity index (χ1v) is 12.0. The highest BCUT2D eigenvalue weighted by atomic mass is 32.2. The van der Waals surface area contributed by atoms with E-state index in [-0.39, 0.29) is 23.6 Å². The Hall–Kier alpha value is -2.63. The number of nitrogens with zero attached hydrogens (tertiary/aromatic N) is 3. The predicted molar refractivity (Wildman–Crippen MR) is 110 cm³/mol. The van der Waals surface area contributed by atoms with Crippen LogP contribution in [0.2, 0.25) is 0 Å². The van der Waals surface area contributed by atoms with Gasteiger partial charge in [-0.2, -0.15) is 0 Å². The fraction of sp³-hybridized carbons (Fsp3) is 0.579. The molecule has 12 heteroatoms. The summed E-state index contributed by atoms with van der Waals surface area (Å²) < 4.78 is 51.9. The second-order valence-electron chi connectivity index (χ2n) is 7.94. The van der Waals surface area contributed by atoms with Gasteiger partial charge in [-0.05, 0) is 38.2 Å². The summed E-state index contributed by atoms with van der Waals surface area (Å²) in [6.45, 7) is 1.64. The minimum Gasteiger partial charge on any atom is -0.408 e. The highest BCUT2D eigenvalue weighted by Crippen LogP contribution is 2.27. The first kappa shape index (κ1) is 23.0. The monoisotopic (exact) mass is 459 g/mol. The molecule has 2 heterocycles. The number of rotatable bonds is 4. The van der Waals surface area contributed by atoms with Crippen molar-refractivity contribution in [3.63, 3.8) is 0 Å². The average Bonchev–Trinajstić information content (AvgIpc) is 2.90. The number of oxime groups is 1. The number of nitrogens with two attached hydrogens (primary N) is 1. The zero-order valence-electron chi connectivity index (χ0n) is 17.2. The summed E-state index contributed by atoms with van der Waals surface area (Å²) in [7, 11) is -3.91. The van der Waals surface area contributed by atoms with Gasteiger partial charge in [-0.1, -0.05) is 5.16 Å². The first-order valence-electron chi connectivity index (χ1n) is 10.1. The van der Waals surface area contributed by atoms with E-state index < -0.39 is 32.4 Å². The van der Waals surface area contributed by atoms with Gasteiger partial charge in [0.2, 0.25) is 11.9 Å². The summed E-state index contributed by atoms with van der Waals surface area (Å²) in [5.74, 6) is -2.17. The maximum Gasteiger partial charge on any atom is 0.245 e. The summed E-state index contributed by atoms with van der Waals surface area (Å²) in [5, 5.41) is 14.6. The third kappa shape index (κ3) is 5.17. The zero-order valence-corrected chi connectivity index (χ0v) is 18.0. The van der Waals surface area contributed by atoms with Crippen molar-refractivity contribution >= 4 is 27.4 Å². The molecule has 1 amide bonds. The Morgan fingerprint density at radius 1 is 1.16 bits per heavy atom. The molecule has 0 unspecified atom stereocenters. The van der Waals surface area contributed by atoms with Gasteiger partial charge in [0, 0.05) is 38.0 Å². The number of piperidine rings is 1. The van der Waals surface area contributed by atoms with Crippen LogP contribution in [0, 0.1) is 11.6 Å². The number of benzene rings is 1. The summed E-state index contributed by atoms with van der Waals surface area (Å²) in [6.07, 6.45) is 4.05. The Labute approximate surface area is 179 Å². The smallest absolute Gasteiger partial charge is 0.245 e. The summed E-state index contributed by atoms with van der Waals surface area (Å²) in [6, 6.07) is 0.632. The van der Waals surface area contributed by atoms with Crippen LogP contribution >= 0.6 is 0 Å². The van der Waals surface area contributed by atoms with Gasteiger partial charge in [0.15, 0.2) is 9.84 Å². The van der Waals surface area contributed by atoms with Gasteiger partial charge in [-0.25, -0.2) is 17.2 Å². The third-order valence-electron chi connectivity index (χ3n) is 5.81. The Balaban J connectivity index is 1.74. The number of halogens is 2. The van der Waals surface area contributed by atoms with Gasteiger partial charge in [0.25, 0.3) is 0 Å². The molecule has 3 rings (SSSR count). The molecule has 1 aromatic carbocycles. The van der Waals surface area contributed by atoms with Crippen LogP contribution in [0.5, 0.6) is 0 Å². The molecule has 2 saturated heterocycles. The van der Waals surface area contributed by atoms with Crippen LogP contribution in [0.25, 0.3) is 0 Å². The van der Waals surface area contributed by atoms with Crippen molar-refractivity contribution in [2.75, 3.05) is 31.2 Å². The van der Waals surface area contributed by atoms with E-state index in [0.29, 0.717) is 45.0 Å². The predicted octanol–water partition coefficient (Wildman–Crippen LogP) is 1.33. The number of guanidine groups is 1. The van der Waals surface area contributed by atoms with Crippen molar-refractivity contribution in [3.8, 4) is 0 Å². The van der Waals surface area contributed by atoms with Crippen LogP contribution in [-0.4, -0.2) is 73.3 Å². The maximum absolute atomic E-state index is 14.5. The molecule has 2 fully saturated rings. The summed E-state index contributed by atoms with van der Waals surface area (Å²) in [5.41, 5.74) is 5.38. The van der Waals surface area contributed by atoms with Crippen LogP contribution in [-0.2, 0) is 14.6 Å². The molecule has 4 N–H and O–H groups in total. The molecule has 0 radical (unpaired) electrons. The Morgan fingerprint density at radius 3 is 2.45 bits per heavy atom. The molecule has 0 bridgehead atoms.